The highest BCUT2D eigenvalue weighted by molar-refractivity contribution is 14.0. The monoisotopic (exact) mass is 431 g/mol. The predicted octanol–water partition coefficient (Wildman–Crippen LogP) is 3.22. The zero-order chi connectivity index (χ0) is 16.0. The predicted molar refractivity (Wildman–Crippen MR) is 91.9 cm³/mol. The lowest BCUT2D eigenvalue weighted by Gasteiger charge is -2.22. The molecule has 0 heterocycles. The molecule has 0 radical (unpaired) electrons. The molecule has 22 heavy (non-hydrogen) atoms. The van der Waals surface area contributed by atoms with Gasteiger partial charge in [0, 0.05) is 34.7 Å². The number of hydrogen-bond donors (Lipinski definition) is 0. The third-order valence-corrected chi connectivity index (χ3v) is 2.63. The van der Waals surface area contributed by atoms with Gasteiger partial charge in [-0.25, -0.2) is 0 Å². The molecule has 0 spiro atoms. The number of halogens is 4. The van der Waals surface area contributed by atoms with Crippen molar-refractivity contribution in [3.63, 3.8) is 0 Å². The molecule has 1 aromatic carbocycles. The van der Waals surface area contributed by atoms with Crippen molar-refractivity contribution in [1.29, 1.82) is 0 Å². The van der Waals surface area contributed by atoms with Crippen LogP contribution in [-0.2, 0) is 6.42 Å². The Morgan fingerprint density at radius 3 is 2.14 bits per heavy atom. The standard InChI is InChI=1S/C14H20F3N3O.HI/c1-19(2)13(20(3)4)18-10-9-11-7-5-6-8-12(11)21-14(15,16)17;/h5-8H,9-10H2,1-4H3;1H. The molecule has 126 valence electrons. The van der Waals surface area contributed by atoms with Crippen molar-refractivity contribution in [3.05, 3.63) is 29.8 Å². The van der Waals surface area contributed by atoms with E-state index in [0.717, 1.165) is 5.96 Å². The molecule has 0 saturated heterocycles. The molecule has 0 aliphatic carbocycles. The van der Waals surface area contributed by atoms with E-state index in [0.29, 0.717) is 18.5 Å². The van der Waals surface area contributed by atoms with Crippen LogP contribution in [0.3, 0.4) is 0 Å². The first-order valence-corrected chi connectivity index (χ1v) is 6.43. The van der Waals surface area contributed by atoms with Crippen LogP contribution in [0.2, 0.25) is 0 Å². The Morgan fingerprint density at radius 2 is 1.64 bits per heavy atom. The normalized spacial score (nSPS) is 10.5. The van der Waals surface area contributed by atoms with E-state index in [1.807, 2.05) is 38.0 Å². The molecule has 1 aromatic rings. The van der Waals surface area contributed by atoms with Crippen molar-refractivity contribution in [3.8, 4) is 5.75 Å². The summed E-state index contributed by atoms with van der Waals surface area (Å²) in [7, 11) is 7.44. The zero-order valence-electron chi connectivity index (χ0n) is 13.0. The fraction of sp³-hybridized carbons (Fsp3) is 0.500. The van der Waals surface area contributed by atoms with E-state index >= 15 is 0 Å². The Morgan fingerprint density at radius 1 is 1.09 bits per heavy atom. The number of rotatable bonds is 4. The number of hydrogen-bond acceptors (Lipinski definition) is 2. The molecule has 0 N–H and O–H groups in total. The van der Waals surface area contributed by atoms with Crippen molar-refractivity contribution in [2.75, 3.05) is 34.7 Å². The van der Waals surface area contributed by atoms with Crippen LogP contribution in [0.1, 0.15) is 5.56 Å². The summed E-state index contributed by atoms with van der Waals surface area (Å²) in [5.41, 5.74) is 0.482. The smallest absolute Gasteiger partial charge is 0.406 e. The van der Waals surface area contributed by atoms with Gasteiger partial charge in [-0.2, -0.15) is 0 Å². The van der Waals surface area contributed by atoms with Crippen LogP contribution >= 0.6 is 24.0 Å². The van der Waals surface area contributed by atoms with Crippen LogP contribution in [0.4, 0.5) is 13.2 Å². The summed E-state index contributed by atoms with van der Waals surface area (Å²) in [6.45, 7) is 0.379. The number of aliphatic imine (C=N–C) groups is 1. The average Bonchev–Trinajstić information content (AvgIpc) is 2.33. The van der Waals surface area contributed by atoms with E-state index in [4.69, 9.17) is 0 Å². The van der Waals surface area contributed by atoms with Gasteiger partial charge >= 0.3 is 6.36 Å². The average molecular weight is 431 g/mol. The molecule has 0 aliphatic heterocycles. The molecule has 0 fully saturated rings. The molecular weight excluding hydrogens is 410 g/mol. The Hall–Kier alpha value is -1.19. The van der Waals surface area contributed by atoms with E-state index in [-0.39, 0.29) is 29.7 Å². The largest absolute Gasteiger partial charge is 0.573 e. The van der Waals surface area contributed by atoms with E-state index in [1.54, 1.807) is 12.1 Å². The van der Waals surface area contributed by atoms with Gasteiger partial charge in [0.1, 0.15) is 5.75 Å². The fourth-order valence-corrected chi connectivity index (χ4v) is 1.89. The third-order valence-electron chi connectivity index (χ3n) is 2.63. The second-order valence-corrected chi connectivity index (χ2v) is 4.88. The molecular formula is C14H21F3IN3O. The van der Waals surface area contributed by atoms with Gasteiger partial charge in [0.15, 0.2) is 5.96 Å². The summed E-state index contributed by atoms with van der Waals surface area (Å²) in [4.78, 5) is 8.08. The lowest BCUT2D eigenvalue weighted by Crippen LogP contribution is -2.35. The summed E-state index contributed by atoms with van der Waals surface area (Å²) >= 11 is 0. The van der Waals surface area contributed by atoms with Crippen LogP contribution in [0.25, 0.3) is 0 Å². The molecule has 0 bridgehead atoms. The summed E-state index contributed by atoms with van der Waals surface area (Å²) in [5, 5.41) is 0. The van der Waals surface area contributed by atoms with E-state index in [2.05, 4.69) is 9.73 Å². The lowest BCUT2D eigenvalue weighted by atomic mass is 10.1. The Labute approximate surface area is 146 Å². The lowest BCUT2D eigenvalue weighted by molar-refractivity contribution is -0.274. The van der Waals surface area contributed by atoms with Gasteiger partial charge in [0.25, 0.3) is 0 Å². The molecule has 0 saturated carbocycles. The first-order chi connectivity index (χ1) is 9.70. The number of benzene rings is 1. The van der Waals surface area contributed by atoms with Crippen LogP contribution in [0.5, 0.6) is 5.75 Å². The molecule has 4 nitrogen and oxygen atoms in total. The van der Waals surface area contributed by atoms with Gasteiger partial charge in [-0.3, -0.25) is 4.99 Å². The van der Waals surface area contributed by atoms with Crippen LogP contribution in [-0.4, -0.2) is 56.9 Å². The highest BCUT2D eigenvalue weighted by atomic mass is 127. The Balaban J connectivity index is 0.00000441. The van der Waals surface area contributed by atoms with Crippen molar-refractivity contribution in [1.82, 2.24) is 9.80 Å². The van der Waals surface area contributed by atoms with Crippen molar-refractivity contribution >= 4 is 29.9 Å². The van der Waals surface area contributed by atoms with Crippen LogP contribution in [0.15, 0.2) is 29.3 Å². The first-order valence-electron chi connectivity index (χ1n) is 6.43. The molecule has 1 rings (SSSR count). The molecule has 0 atom stereocenters. The maximum Gasteiger partial charge on any atom is 0.573 e. The number of para-hydroxylation sites is 1. The fourth-order valence-electron chi connectivity index (χ4n) is 1.89. The highest BCUT2D eigenvalue weighted by Crippen LogP contribution is 2.26. The SMILES string of the molecule is CN(C)C(=NCCc1ccccc1OC(F)(F)F)N(C)C.I. The minimum Gasteiger partial charge on any atom is -0.406 e. The van der Waals surface area contributed by atoms with E-state index in [9.17, 15) is 13.2 Å². The summed E-state index contributed by atoms with van der Waals surface area (Å²) in [6.07, 6.45) is -4.31. The molecule has 8 heteroatoms. The second-order valence-electron chi connectivity index (χ2n) is 4.88. The third kappa shape index (κ3) is 7.19. The molecule has 0 unspecified atom stereocenters. The summed E-state index contributed by atoms with van der Waals surface area (Å²) < 4.78 is 41.0. The number of guanidine groups is 1. The van der Waals surface area contributed by atoms with Gasteiger partial charge < -0.3 is 14.5 Å². The van der Waals surface area contributed by atoms with Crippen molar-refractivity contribution in [2.45, 2.75) is 12.8 Å². The van der Waals surface area contributed by atoms with Gasteiger partial charge in [0.2, 0.25) is 0 Å². The van der Waals surface area contributed by atoms with Crippen molar-refractivity contribution in [2.24, 2.45) is 4.99 Å². The maximum atomic E-state index is 12.3. The second kappa shape index (κ2) is 9.06. The molecule has 0 aliphatic rings. The molecule has 0 aromatic heterocycles. The minimum absolute atomic E-state index is 0. The summed E-state index contributed by atoms with van der Waals surface area (Å²) in [6, 6.07) is 6.12. The zero-order valence-corrected chi connectivity index (χ0v) is 15.3. The first kappa shape index (κ1) is 20.8. The van der Waals surface area contributed by atoms with E-state index < -0.39 is 6.36 Å². The van der Waals surface area contributed by atoms with Crippen LogP contribution < -0.4 is 4.74 Å². The van der Waals surface area contributed by atoms with Crippen LogP contribution in [0, 0.1) is 0 Å². The van der Waals surface area contributed by atoms with Crippen molar-refractivity contribution < 1.29 is 17.9 Å². The Bertz CT molecular complexity index is 480. The molecule has 0 amide bonds. The highest BCUT2D eigenvalue weighted by Gasteiger charge is 2.31. The topological polar surface area (TPSA) is 28.1 Å². The quantitative estimate of drug-likeness (QED) is 0.417. The maximum absolute atomic E-state index is 12.3. The number of alkyl halides is 3. The van der Waals surface area contributed by atoms with Gasteiger partial charge in [0.05, 0.1) is 0 Å². The van der Waals surface area contributed by atoms with Gasteiger partial charge in [-0.05, 0) is 18.1 Å². The van der Waals surface area contributed by atoms with Gasteiger partial charge in [-0.1, -0.05) is 18.2 Å². The minimum atomic E-state index is -4.68. The summed E-state index contributed by atoms with van der Waals surface area (Å²) in [5.74, 6) is 0.584. The number of ether oxygens (including phenoxy) is 1. The van der Waals surface area contributed by atoms with Gasteiger partial charge in [-0.15, -0.1) is 37.1 Å². The number of nitrogens with zero attached hydrogens (tertiary/aromatic N) is 3. The Kier molecular flexibility index (Phi) is 8.57. The van der Waals surface area contributed by atoms with E-state index in [1.165, 1.54) is 12.1 Å².